The highest BCUT2D eigenvalue weighted by atomic mass is 32.2. The minimum absolute atomic E-state index is 0.160. The lowest BCUT2D eigenvalue weighted by Crippen LogP contribution is -2.45. The van der Waals surface area contributed by atoms with Crippen molar-refractivity contribution in [2.45, 2.75) is 35.6 Å². The second kappa shape index (κ2) is 8.70. The molecule has 3 heterocycles. The molecule has 1 aliphatic heterocycles. The average molecular weight is 450 g/mol. The second-order valence-electron chi connectivity index (χ2n) is 6.54. The topological polar surface area (TPSA) is 58.1 Å². The zero-order chi connectivity index (χ0) is 21.9. The second-order valence-corrected chi connectivity index (χ2v) is 7.60. The summed E-state index contributed by atoms with van der Waals surface area (Å²) in [6.07, 6.45) is -1.57. The van der Waals surface area contributed by atoms with Gasteiger partial charge in [0.25, 0.3) is 5.91 Å². The summed E-state index contributed by atoms with van der Waals surface area (Å²) in [7, 11) is 0. The molecule has 2 aromatic heterocycles. The van der Waals surface area contributed by atoms with E-state index in [0.29, 0.717) is 31.7 Å². The summed E-state index contributed by atoms with van der Waals surface area (Å²) >= 11 is -0.450. The average Bonchev–Trinajstić information content (AvgIpc) is 2.67. The number of thioether (sulfide) groups is 1. The standard InChI is InChI=1S/C18H16F6N4OS/c19-17(20,21)11-3-4-14(26-10-11)28-8-5-12(6-9-28)27-15(29)13-2-1-7-25-16(13)30-18(22,23)24/h1-4,7,10,12H,5-6,8-9H2,(H,27,29). The molecular formula is C18H16F6N4OS. The zero-order valence-electron chi connectivity index (χ0n) is 15.3. The van der Waals surface area contributed by atoms with Crippen LogP contribution in [0.3, 0.4) is 0 Å². The van der Waals surface area contributed by atoms with Crippen molar-refractivity contribution in [1.29, 1.82) is 0 Å². The lowest BCUT2D eigenvalue weighted by atomic mass is 10.0. The molecule has 1 amide bonds. The number of carbonyl (C=O) groups excluding carboxylic acids is 1. The van der Waals surface area contributed by atoms with Crippen LogP contribution in [0.2, 0.25) is 0 Å². The summed E-state index contributed by atoms with van der Waals surface area (Å²) in [4.78, 5) is 21.7. The van der Waals surface area contributed by atoms with Gasteiger partial charge in [-0.15, -0.1) is 0 Å². The number of aromatic nitrogens is 2. The van der Waals surface area contributed by atoms with E-state index in [-0.39, 0.29) is 11.6 Å². The van der Waals surface area contributed by atoms with E-state index in [9.17, 15) is 31.1 Å². The van der Waals surface area contributed by atoms with Crippen molar-refractivity contribution in [2.75, 3.05) is 18.0 Å². The van der Waals surface area contributed by atoms with E-state index in [0.717, 1.165) is 12.3 Å². The van der Waals surface area contributed by atoms with Crippen LogP contribution < -0.4 is 10.2 Å². The van der Waals surface area contributed by atoms with Crippen LogP contribution in [0.1, 0.15) is 28.8 Å². The Labute approximate surface area is 171 Å². The van der Waals surface area contributed by atoms with Crippen LogP contribution in [-0.2, 0) is 6.18 Å². The number of piperidine rings is 1. The van der Waals surface area contributed by atoms with Gasteiger partial charge >= 0.3 is 11.7 Å². The molecule has 1 N–H and O–H groups in total. The third kappa shape index (κ3) is 5.77. The number of hydrogen-bond donors (Lipinski definition) is 1. The molecule has 1 aliphatic rings. The van der Waals surface area contributed by atoms with Gasteiger partial charge in [-0.05, 0) is 37.1 Å². The van der Waals surface area contributed by atoms with Crippen molar-refractivity contribution in [3.8, 4) is 0 Å². The van der Waals surface area contributed by atoms with E-state index in [1.807, 2.05) is 0 Å². The molecular weight excluding hydrogens is 434 g/mol. The minimum Gasteiger partial charge on any atom is -0.356 e. The van der Waals surface area contributed by atoms with E-state index in [2.05, 4.69) is 15.3 Å². The Bertz CT molecular complexity index is 879. The summed E-state index contributed by atoms with van der Waals surface area (Å²) in [5.41, 5.74) is -5.56. The van der Waals surface area contributed by atoms with Crippen LogP contribution in [0.15, 0.2) is 41.7 Å². The van der Waals surface area contributed by atoms with E-state index >= 15 is 0 Å². The molecule has 3 rings (SSSR count). The van der Waals surface area contributed by atoms with E-state index < -0.39 is 39.9 Å². The van der Waals surface area contributed by atoms with Crippen molar-refractivity contribution in [3.05, 3.63) is 47.8 Å². The Balaban J connectivity index is 1.58. The van der Waals surface area contributed by atoms with Gasteiger partial charge < -0.3 is 10.2 Å². The summed E-state index contributed by atoms with van der Waals surface area (Å²) in [6.45, 7) is 0.862. The highest BCUT2D eigenvalue weighted by Crippen LogP contribution is 2.37. The Kier molecular flexibility index (Phi) is 6.44. The molecule has 0 atom stereocenters. The molecule has 2 aromatic rings. The molecule has 1 fully saturated rings. The number of hydrogen-bond acceptors (Lipinski definition) is 5. The first-order valence-electron chi connectivity index (χ1n) is 8.83. The highest BCUT2D eigenvalue weighted by Gasteiger charge is 2.33. The predicted molar refractivity (Wildman–Crippen MR) is 98.1 cm³/mol. The lowest BCUT2D eigenvalue weighted by molar-refractivity contribution is -0.137. The number of carbonyl (C=O) groups is 1. The van der Waals surface area contributed by atoms with Gasteiger partial charge in [-0.3, -0.25) is 4.79 Å². The first kappa shape index (κ1) is 22.2. The maximum Gasteiger partial charge on any atom is 0.447 e. The van der Waals surface area contributed by atoms with E-state index in [1.165, 1.54) is 24.4 Å². The van der Waals surface area contributed by atoms with Gasteiger partial charge in [0.1, 0.15) is 10.8 Å². The smallest absolute Gasteiger partial charge is 0.356 e. The van der Waals surface area contributed by atoms with Crippen LogP contribution in [0.5, 0.6) is 0 Å². The highest BCUT2D eigenvalue weighted by molar-refractivity contribution is 8.00. The van der Waals surface area contributed by atoms with Crippen LogP contribution in [0.4, 0.5) is 32.2 Å². The molecule has 30 heavy (non-hydrogen) atoms. The fraction of sp³-hybridized carbons (Fsp3) is 0.389. The first-order valence-corrected chi connectivity index (χ1v) is 9.64. The maximum absolute atomic E-state index is 12.7. The summed E-state index contributed by atoms with van der Waals surface area (Å²) in [5.74, 6) is -0.259. The molecule has 0 spiro atoms. The minimum atomic E-state index is -4.57. The van der Waals surface area contributed by atoms with Gasteiger partial charge in [0.2, 0.25) is 0 Å². The van der Waals surface area contributed by atoms with Crippen LogP contribution in [-0.4, -0.2) is 40.5 Å². The maximum atomic E-state index is 12.7. The molecule has 0 radical (unpaired) electrons. The van der Waals surface area contributed by atoms with Gasteiger partial charge in [-0.25, -0.2) is 9.97 Å². The third-order valence-corrected chi connectivity index (χ3v) is 5.21. The van der Waals surface area contributed by atoms with Gasteiger partial charge in [-0.2, -0.15) is 26.3 Å². The molecule has 5 nitrogen and oxygen atoms in total. The predicted octanol–water partition coefficient (Wildman–Crippen LogP) is 4.51. The number of nitrogens with one attached hydrogen (secondary N) is 1. The fourth-order valence-corrected chi connectivity index (χ4v) is 3.61. The normalized spacial score (nSPS) is 15.9. The monoisotopic (exact) mass is 450 g/mol. The number of rotatable bonds is 4. The molecule has 1 saturated heterocycles. The van der Waals surface area contributed by atoms with Crippen molar-refractivity contribution in [1.82, 2.24) is 15.3 Å². The van der Waals surface area contributed by atoms with Crippen molar-refractivity contribution >= 4 is 23.5 Å². The molecule has 162 valence electrons. The molecule has 0 bridgehead atoms. The van der Waals surface area contributed by atoms with E-state index in [1.54, 1.807) is 4.90 Å². The van der Waals surface area contributed by atoms with Gasteiger partial charge in [-0.1, -0.05) is 0 Å². The van der Waals surface area contributed by atoms with Gasteiger partial charge in [0.05, 0.1) is 11.1 Å². The summed E-state index contributed by atoms with van der Waals surface area (Å²) in [6, 6.07) is 4.62. The Morgan fingerprint density at radius 3 is 2.33 bits per heavy atom. The first-order chi connectivity index (χ1) is 14.0. The zero-order valence-corrected chi connectivity index (χ0v) is 16.1. The quantitative estimate of drug-likeness (QED) is 0.549. The largest absolute Gasteiger partial charge is 0.447 e. The summed E-state index contributed by atoms with van der Waals surface area (Å²) in [5, 5.41) is 2.28. The molecule has 12 heteroatoms. The molecule has 0 aliphatic carbocycles. The number of pyridine rings is 2. The van der Waals surface area contributed by atoms with Gasteiger partial charge in [0.15, 0.2) is 0 Å². The number of alkyl halides is 6. The van der Waals surface area contributed by atoms with Crippen LogP contribution in [0.25, 0.3) is 0 Å². The van der Waals surface area contributed by atoms with Crippen molar-refractivity contribution in [2.24, 2.45) is 0 Å². The Hall–Kier alpha value is -2.50. The fourth-order valence-electron chi connectivity index (χ4n) is 3.01. The molecule has 0 aromatic carbocycles. The molecule has 0 saturated carbocycles. The third-order valence-electron chi connectivity index (χ3n) is 4.46. The SMILES string of the molecule is O=C(NC1CCN(c2ccc(C(F)(F)F)cn2)CC1)c1cccnc1SC(F)(F)F. The summed E-state index contributed by atoms with van der Waals surface area (Å²) < 4.78 is 75.9. The van der Waals surface area contributed by atoms with Crippen LogP contribution >= 0.6 is 11.8 Å². The van der Waals surface area contributed by atoms with Gasteiger partial charge in [0, 0.05) is 43.3 Å². The Morgan fingerprint density at radius 1 is 1.07 bits per heavy atom. The Morgan fingerprint density at radius 2 is 1.77 bits per heavy atom. The van der Waals surface area contributed by atoms with E-state index in [4.69, 9.17) is 0 Å². The number of anilines is 1. The molecule has 0 unspecified atom stereocenters. The van der Waals surface area contributed by atoms with Crippen molar-refractivity contribution in [3.63, 3.8) is 0 Å². The number of halogens is 6. The number of amides is 1. The van der Waals surface area contributed by atoms with Crippen molar-refractivity contribution < 1.29 is 31.1 Å². The van der Waals surface area contributed by atoms with Crippen LogP contribution in [0, 0.1) is 0 Å². The number of nitrogens with zero attached hydrogens (tertiary/aromatic N) is 3. The lowest BCUT2D eigenvalue weighted by Gasteiger charge is -2.33.